The molecule has 2 atom stereocenters. The van der Waals surface area contributed by atoms with Crippen LogP contribution in [0.15, 0.2) is 30.0 Å². The number of hydrogen-bond donors (Lipinski definition) is 2. The van der Waals surface area contributed by atoms with Crippen molar-refractivity contribution in [2.24, 2.45) is 0 Å². The molecular weight excluding hydrogens is 220 g/mol. The maximum atomic E-state index is 4.37. The highest BCUT2D eigenvalue weighted by Crippen LogP contribution is 2.42. The number of hydrogen-bond acceptors (Lipinski definition) is 0. The Morgan fingerprint density at radius 3 is 2.61 bits per heavy atom. The first-order valence-corrected chi connectivity index (χ1v) is 6.91. The predicted octanol–water partition coefficient (Wildman–Crippen LogP) is 0.722. The Morgan fingerprint density at radius 2 is 1.89 bits per heavy atom. The summed E-state index contributed by atoms with van der Waals surface area (Å²) in [6.45, 7) is 1.06. The lowest BCUT2D eigenvalue weighted by Crippen LogP contribution is -3.20. The van der Waals surface area contributed by atoms with Crippen LogP contribution < -0.4 is 9.80 Å². The second-order valence-electron chi connectivity index (χ2n) is 6.07. The molecule has 0 amide bonds. The van der Waals surface area contributed by atoms with Crippen LogP contribution in [0.3, 0.4) is 0 Å². The molecule has 0 bridgehead atoms. The second kappa shape index (κ2) is 3.46. The zero-order valence-electron chi connectivity index (χ0n) is 10.8. The van der Waals surface area contributed by atoms with Crippen LogP contribution in [-0.4, -0.2) is 12.1 Å². The largest absolute Gasteiger partial charge is 0.455 e. The monoisotopic (exact) mass is 240 g/mol. The molecule has 0 saturated heterocycles. The van der Waals surface area contributed by atoms with Gasteiger partial charge in [-0.2, -0.15) is 0 Å². The molecule has 0 aromatic heterocycles. The van der Waals surface area contributed by atoms with Gasteiger partial charge in [-0.15, -0.1) is 14.1 Å². The predicted molar refractivity (Wildman–Crippen MR) is 71.7 cm³/mol. The molecular formula is C16H20N2. The molecule has 3 aliphatic rings. The zero-order valence-corrected chi connectivity index (χ0v) is 10.8. The number of para-hydroxylation sites is 1. The van der Waals surface area contributed by atoms with Crippen LogP contribution in [0, 0.1) is 14.1 Å². The van der Waals surface area contributed by atoms with Crippen molar-refractivity contribution in [3.63, 3.8) is 0 Å². The van der Waals surface area contributed by atoms with Crippen LogP contribution in [0.1, 0.15) is 31.2 Å². The Hall–Kier alpha value is -1.12. The van der Waals surface area contributed by atoms with E-state index in [9.17, 15) is 0 Å². The third-order valence-corrected chi connectivity index (χ3v) is 5.27. The van der Waals surface area contributed by atoms with Crippen molar-refractivity contribution >= 4 is 11.3 Å². The van der Waals surface area contributed by atoms with Gasteiger partial charge in [-0.25, -0.2) is 0 Å². The fourth-order valence-corrected chi connectivity index (χ4v) is 3.93. The van der Waals surface area contributed by atoms with Gasteiger partial charge in [0, 0.05) is 30.4 Å². The van der Waals surface area contributed by atoms with Gasteiger partial charge in [0.05, 0.1) is 5.54 Å². The van der Waals surface area contributed by atoms with Crippen LogP contribution in [0.25, 0.3) is 5.57 Å². The van der Waals surface area contributed by atoms with E-state index in [1.165, 1.54) is 52.4 Å². The van der Waals surface area contributed by atoms with Crippen LogP contribution >= 0.6 is 0 Å². The standard InChI is InChI=1S/C16H20N2/c1-17-11-15-13(10-16(17)8-5-9-16)12-6-3-4-7-14(12)18(15)2/h3-4,6-7,17-18H,1-2,5,8-11H2. The number of quaternary nitrogens is 2. The van der Waals surface area contributed by atoms with Gasteiger partial charge in [0.15, 0.2) is 0 Å². The highest BCUT2D eigenvalue weighted by molar-refractivity contribution is 5.78. The molecule has 2 nitrogen and oxygen atoms in total. The van der Waals surface area contributed by atoms with Gasteiger partial charge in [0.2, 0.25) is 0 Å². The zero-order chi connectivity index (χ0) is 12.3. The third-order valence-electron chi connectivity index (χ3n) is 5.27. The van der Waals surface area contributed by atoms with Crippen molar-refractivity contribution < 1.29 is 9.80 Å². The van der Waals surface area contributed by atoms with Gasteiger partial charge < -0.3 is 9.80 Å². The van der Waals surface area contributed by atoms with E-state index in [-0.39, 0.29) is 0 Å². The molecule has 18 heavy (non-hydrogen) atoms. The summed E-state index contributed by atoms with van der Waals surface area (Å²) in [7, 11) is 8.68. The number of fused-ring (bicyclic) bond motifs is 2. The van der Waals surface area contributed by atoms with E-state index in [1.807, 2.05) is 0 Å². The summed E-state index contributed by atoms with van der Waals surface area (Å²) in [4.78, 5) is 2.71. The Kier molecular flexibility index (Phi) is 2.07. The first-order valence-electron chi connectivity index (χ1n) is 6.91. The Balaban J connectivity index is 1.82. The van der Waals surface area contributed by atoms with Crippen molar-refractivity contribution in [3.05, 3.63) is 49.6 Å². The summed E-state index contributed by atoms with van der Waals surface area (Å²) < 4.78 is 0. The van der Waals surface area contributed by atoms with Crippen LogP contribution in [-0.2, 0) is 0 Å². The fraction of sp³-hybridized carbons (Fsp3) is 0.375. The van der Waals surface area contributed by atoms with Gasteiger partial charge in [0.25, 0.3) is 0 Å². The summed E-state index contributed by atoms with van der Waals surface area (Å²) >= 11 is 0. The van der Waals surface area contributed by atoms with E-state index in [2.05, 4.69) is 38.4 Å². The maximum absolute atomic E-state index is 4.37. The topological polar surface area (TPSA) is 8.88 Å². The molecule has 1 aromatic rings. The van der Waals surface area contributed by atoms with Crippen molar-refractivity contribution in [2.75, 3.05) is 6.54 Å². The highest BCUT2D eigenvalue weighted by Gasteiger charge is 2.49. The van der Waals surface area contributed by atoms with Crippen LogP contribution in [0.2, 0.25) is 0 Å². The first kappa shape index (κ1) is 10.8. The Morgan fingerprint density at radius 1 is 1.11 bits per heavy atom. The summed E-state index contributed by atoms with van der Waals surface area (Å²) in [6, 6.07) is 8.75. The lowest BCUT2D eigenvalue weighted by Gasteiger charge is -2.52. The molecule has 1 spiro atoms. The smallest absolute Gasteiger partial charge is 0.143 e. The van der Waals surface area contributed by atoms with E-state index in [4.69, 9.17) is 0 Å². The van der Waals surface area contributed by atoms with Crippen LogP contribution in [0.5, 0.6) is 0 Å². The van der Waals surface area contributed by atoms with E-state index in [0.717, 1.165) is 6.54 Å². The molecule has 1 aliphatic carbocycles. The minimum atomic E-state index is 0.441. The lowest BCUT2D eigenvalue weighted by atomic mass is 9.69. The van der Waals surface area contributed by atoms with Crippen molar-refractivity contribution in [1.82, 2.24) is 0 Å². The number of nitrogens with one attached hydrogen (secondary N) is 2. The van der Waals surface area contributed by atoms with Gasteiger partial charge >= 0.3 is 0 Å². The van der Waals surface area contributed by atoms with Gasteiger partial charge in [-0.3, -0.25) is 0 Å². The summed E-state index contributed by atoms with van der Waals surface area (Å²) in [5, 5.41) is 0. The number of benzene rings is 1. The molecule has 1 fully saturated rings. The van der Waals surface area contributed by atoms with Crippen molar-refractivity contribution in [3.8, 4) is 0 Å². The molecule has 1 aromatic carbocycles. The van der Waals surface area contributed by atoms with Crippen LogP contribution in [0.4, 0.5) is 5.69 Å². The van der Waals surface area contributed by atoms with E-state index < -0.39 is 0 Å². The Bertz CT molecular complexity index is 540. The van der Waals surface area contributed by atoms with E-state index in [1.54, 1.807) is 5.57 Å². The molecule has 94 valence electrons. The lowest BCUT2D eigenvalue weighted by molar-refractivity contribution is -0.929. The van der Waals surface area contributed by atoms with Crippen molar-refractivity contribution in [1.29, 1.82) is 0 Å². The molecule has 2 heterocycles. The fourth-order valence-electron chi connectivity index (χ4n) is 3.93. The molecule has 2 N–H and O–H groups in total. The average molecular weight is 240 g/mol. The molecule has 0 radical (unpaired) electrons. The Labute approximate surface area is 109 Å². The van der Waals surface area contributed by atoms with E-state index >= 15 is 0 Å². The molecule has 2 heteroatoms. The number of rotatable bonds is 0. The minimum absolute atomic E-state index is 0.441. The maximum Gasteiger partial charge on any atom is 0.143 e. The minimum Gasteiger partial charge on any atom is -0.455 e. The first-order chi connectivity index (χ1) is 8.71. The van der Waals surface area contributed by atoms with Crippen molar-refractivity contribution in [2.45, 2.75) is 31.2 Å². The van der Waals surface area contributed by atoms with Gasteiger partial charge in [0.1, 0.15) is 17.9 Å². The average Bonchev–Trinajstić information content (AvgIpc) is 2.61. The summed E-state index contributed by atoms with van der Waals surface area (Å²) in [6.07, 6.45) is 5.27. The van der Waals surface area contributed by atoms with Gasteiger partial charge in [-0.1, -0.05) is 12.1 Å². The van der Waals surface area contributed by atoms with Gasteiger partial charge in [-0.05, 0) is 18.6 Å². The normalized spacial score (nSPS) is 32.1. The summed E-state index contributed by atoms with van der Waals surface area (Å²) in [5.41, 5.74) is 6.28. The quantitative estimate of drug-likeness (QED) is 0.619. The molecule has 1 saturated carbocycles. The summed E-state index contributed by atoms with van der Waals surface area (Å²) in [5.74, 6) is 0. The highest BCUT2D eigenvalue weighted by atomic mass is 15.3. The second-order valence-corrected chi connectivity index (χ2v) is 6.07. The third kappa shape index (κ3) is 1.20. The molecule has 2 unspecified atom stereocenters. The molecule has 4 rings (SSSR count). The molecule has 2 aliphatic heterocycles. The SMILES string of the molecule is [CH2-][NH+]1C2=C(CC3(CCC3)[NH+]([CH2-])C2)c2ccccc21. The van der Waals surface area contributed by atoms with E-state index in [0.29, 0.717) is 5.54 Å².